The van der Waals surface area contributed by atoms with Crippen LogP contribution in [0.5, 0.6) is 0 Å². The Kier molecular flexibility index (Phi) is 3.53. The fourth-order valence-corrected chi connectivity index (χ4v) is 4.14. The van der Waals surface area contributed by atoms with Crippen LogP contribution < -0.4 is 5.32 Å². The molecule has 1 aromatic heterocycles. The average molecular weight is 307 g/mol. The number of rotatable bonds is 4. The van der Waals surface area contributed by atoms with Crippen molar-refractivity contribution in [3.05, 3.63) is 24.0 Å². The van der Waals surface area contributed by atoms with Crippen LogP contribution in [0.25, 0.3) is 11.0 Å². The minimum atomic E-state index is -3.27. The summed E-state index contributed by atoms with van der Waals surface area (Å²) in [5, 5.41) is 3.41. The number of sulfone groups is 1. The molecule has 21 heavy (non-hydrogen) atoms. The molecule has 1 saturated heterocycles. The fourth-order valence-electron chi connectivity index (χ4n) is 3.31. The fraction of sp³-hybridized carbons (Fsp3) is 0.533. The maximum atomic E-state index is 11.9. The summed E-state index contributed by atoms with van der Waals surface area (Å²) in [5.74, 6) is 0.917. The van der Waals surface area contributed by atoms with Gasteiger partial charge < -0.3 is 10.3 Å². The van der Waals surface area contributed by atoms with Gasteiger partial charge in [0.05, 0.1) is 10.4 Å². The van der Waals surface area contributed by atoms with Crippen LogP contribution in [-0.2, 0) is 15.3 Å². The Bertz CT molecular complexity index is 758. The molecule has 0 radical (unpaired) electrons. The second kappa shape index (κ2) is 5.10. The number of imidazole rings is 1. The third kappa shape index (κ3) is 2.46. The highest BCUT2D eigenvalue weighted by molar-refractivity contribution is 7.91. The van der Waals surface area contributed by atoms with Gasteiger partial charge in [-0.15, -0.1) is 0 Å². The van der Waals surface area contributed by atoms with Crippen molar-refractivity contribution in [3.8, 4) is 0 Å². The van der Waals surface area contributed by atoms with E-state index in [1.165, 1.54) is 6.26 Å². The zero-order valence-corrected chi connectivity index (χ0v) is 13.3. The van der Waals surface area contributed by atoms with Crippen molar-refractivity contribution in [1.29, 1.82) is 0 Å². The SMILES string of the molecule is CCCC1(c2nc3c(S(C)(=O)=O)cccc3[nH]2)CCNC1. The first-order chi connectivity index (χ1) is 9.96. The second-order valence-electron chi connectivity index (χ2n) is 5.97. The molecule has 1 aliphatic heterocycles. The van der Waals surface area contributed by atoms with E-state index in [-0.39, 0.29) is 5.41 Å². The lowest BCUT2D eigenvalue weighted by Gasteiger charge is -2.25. The minimum Gasteiger partial charge on any atom is -0.341 e. The molecular formula is C15H21N3O2S. The molecule has 0 amide bonds. The van der Waals surface area contributed by atoms with Crippen molar-refractivity contribution in [2.75, 3.05) is 19.3 Å². The smallest absolute Gasteiger partial charge is 0.177 e. The van der Waals surface area contributed by atoms with E-state index in [0.29, 0.717) is 10.4 Å². The zero-order valence-electron chi connectivity index (χ0n) is 12.4. The van der Waals surface area contributed by atoms with Gasteiger partial charge in [-0.2, -0.15) is 0 Å². The highest BCUT2D eigenvalue weighted by Crippen LogP contribution is 2.35. The lowest BCUT2D eigenvalue weighted by Crippen LogP contribution is -2.30. The van der Waals surface area contributed by atoms with E-state index in [0.717, 1.165) is 43.7 Å². The monoisotopic (exact) mass is 307 g/mol. The number of fused-ring (bicyclic) bond motifs is 1. The Morgan fingerprint density at radius 1 is 1.38 bits per heavy atom. The molecule has 1 unspecified atom stereocenters. The van der Waals surface area contributed by atoms with Crippen molar-refractivity contribution in [1.82, 2.24) is 15.3 Å². The summed E-state index contributed by atoms with van der Waals surface area (Å²) >= 11 is 0. The van der Waals surface area contributed by atoms with E-state index in [4.69, 9.17) is 0 Å². The predicted octanol–water partition coefficient (Wildman–Crippen LogP) is 2.00. The van der Waals surface area contributed by atoms with Gasteiger partial charge >= 0.3 is 0 Å². The Morgan fingerprint density at radius 3 is 2.81 bits per heavy atom. The second-order valence-corrected chi connectivity index (χ2v) is 7.95. The molecule has 3 rings (SSSR count). The minimum absolute atomic E-state index is 0.00252. The first-order valence-electron chi connectivity index (χ1n) is 7.36. The van der Waals surface area contributed by atoms with Crippen molar-refractivity contribution in [2.24, 2.45) is 0 Å². The molecule has 0 saturated carbocycles. The summed E-state index contributed by atoms with van der Waals surface area (Å²) in [6.07, 6.45) is 4.40. The summed E-state index contributed by atoms with van der Waals surface area (Å²) < 4.78 is 23.8. The van der Waals surface area contributed by atoms with Crippen molar-refractivity contribution in [3.63, 3.8) is 0 Å². The van der Waals surface area contributed by atoms with Gasteiger partial charge in [-0.25, -0.2) is 13.4 Å². The van der Waals surface area contributed by atoms with Gasteiger partial charge in [0.1, 0.15) is 11.3 Å². The third-order valence-electron chi connectivity index (χ3n) is 4.35. The molecule has 0 aliphatic carbocycles. The molecule has 2 heterocycles. The van der Waals surface area contributed by atoms with Gasteiger partial charge in [-0.3, -0.25) is 0 Å². The maximum Gasteiger partial charge on any atom is 0.177 e. The number of nitrogens with one attached hydrogen (secondary N) is 2. The molecule has 114 valence electrons. The Labute approximate surface area is 125 Å². The molecular weight excluding hydrogens is 286 g/mol. The summed E-state index contributed by atoms with van der Waals surface area (Å²) in [6, 6.07) is 5.28. The van der Waals surface area contributed by atoms with E-state index in [1.54, 1.807) is 12.1 Å². The van der Waals surface area contributed by atoms with Crippen molar-refractivity contribution < 1.29 is 8.42 Å². The molecule has 5 nitrogen and oxygen atoms in total. The molecule has 0 spiro atoms. The molecule has 2 aromatic rings. The van der Waals surface area contributed by atoms with Crippen LogP contribution in [0, 0.1) is 0 Å². The van der Waals surface area contributed by atoms with E-state index in [1.807, 2.05) is 6.07 Å². The molecule has 0 bridgehead atoms. The highest BCUT2D eigenvalue weighted by atomic mass is 32.2. The molecule has 1 atom stereocenters. The lowest BCUT2D eigenvalue weighted by atomic mass is 9.82. The van der Waals surface area contributed by atoms with E-state index < -0.39 is 9.84 Å². The number of para-hydroxylation sites is 1. The summed E-state index contributed by atoms with van der Waals surface area (Å²) in [4.78, 5) is 8.34. The number of H-pyrrole nitrogens is 1. The summed E-state index contributed by atoms with van der Waals surface area (Å²) in [5.41, 5.74) is 1.37. The van der Waals surface area contributed by atoms with Crippen molar-refractivity contribution >= 4 is 20.9 Å². The van der Waals surface area contributed by atoms with Crippen molar-refractivity contribution in [2.45, 2.75) is 36.5 Å². The largest absolute Gasteiger partial charge is 0.341 e. The molecule has 6 heteroatoms. The van der Waals surface area contributed by atoms with Crippen LogP contribution in [0.15, 0.2) is 23.1 Å². The van der Waals surface area contributed by atoms with Gasteiger partial charge in [-0.05, 0) is 31.5 Å². The molecule has 2 N–H and O–H groups in total. The van der Waals surface area contributed by atoms with Gasteiger partial charge in [0.2, 0.25) is 0 Å². The van der Waals surface area contributed by atoms with E-state index in [9.17, 15) is 8.42 Å². The number of aromatic amines is 1. The summed E-state index contributed by atoms with van der Waals surface area (Å²) in [6.45, 7) is 4.05. The van der Waals surface area contributed by atoms with Crippen LogP contribution in [0.3, 0.4) is 0 Å². The number of benzene rings is 1. The number of hydrogen-bond donors (Lipinski definition) is 2. The molecule has 1 aliphatic rings. The first kappa shape index (κ1) is 14.5. The number of hydrogen-bond acceptors (Lipinski definition) is 4. The van der Waals surface area contributed by atoms with Gasteiger partial charge in [0.15, 0.2) is 9.84 Å². The topological polar surface area (TPSA) is 74.8 Å². The van der Waals surface area contributed by atoms with Crippen LogP contribution in [0.1, 0.15) is 32.0 Å². The highest BCUT2D eigenvalue weighted by Gasteiger charge is 2.37. The van der Waals surface area contributed by atoms with Crippen LogP contribution >= 0.6 is 0 Å². The zero-order chi connectivity index (χ0) is 15.1. The van der Waals surface area contributed by atoms with E-state index in [2.05, 4.69) is 22.2 Å². The first-order valence-corrected chi connectivity index (χ1v) is 9.25. The Morgan fingerprint density at radius 2 is 2.19 bits per heavy atom. The van der Waals surface area contributed by atoms with Gasteiger partial charge in [0, 0.05) is 18.2 Å². The normalized spacial score (nSPS) is 23.0. The van der Waals surface area contributed by atoms with Crippen LogP contribution in [0.2, 0.25) is 0 Å². The molecule has 1 fully saturated rings. The van der Waals surface area contributed by atoms with Gasteiger partial charge in [0.25, 0.3) is 0 Å². The standard InChI is InChI=1S/C15H21N3O2S/c1-3-7-15(8-9-16-10-15)14-17-11-5-4-6-12(13(11)18-14)21(2,19)20/h4-6,16H,3,7-10H2,1-2H3,(H,17,18). The Hall–Kier alpha value is -1.40. The molecule has 1 aromatic carbocycles. The third-order valence-corrected chi connectivity index (χ3v) is 5.48. The van der Waals surface area contributed by atoms with E-state index >= 15 is 0 Å². The quantitative estimate of drug-likeness (QED) is 0.906. The maximum absolute atomic E-state index is 11.9. The number of aromatic nitrogens is 2. The lowest BCUT2D eigenvalue weighted by molar-refractivity contribution is 0.406. The average Bonchev–Trinajstić information content (AvgIpc) is 3.03. The van der Waals surface area contributed by atoms with Crippen LogP contribution in [0.4, 0.5) is 0 Å². The summed E-state index contributed by atoms with van der Waals surface area (Å²) in [7, 11) is -3.27. The van der Waals surface area contributed by atoms with Crippen LogP contribution in [-0.4, -0.2) is 37.7 Å². The Balaban J connectivity index is 2.17. The van der Waals surface area contributed by atoms with Gasteiger partial charge in [-0.1, -0.05) is 19.4 Å². The predicted molar refractivity (Wildman–Crippen MR) is 83.3 cm³/mol. The number of nitrogens with zero attached hydrogens (tertiary/aromatic N) is 1.